The van der Waals surface area contributed by atoms with Crippen LogP contribution >= 0.6 is 22.7 Å². The Morgan fingerprint density at radius 2 is 0.860 bits per heavy atom. The highest BCUT2D eigenvalue weighted by atomic mass is 32.1. The minimum atomic E-state index is -0.109. The van der Waals surface area contributed by atoms with E-state index in [1.807, 2.05) is 22.7 Å². The third-order valence-electron chi connectivity index (χ3n) is 11.7. The van der Waals surface area contributed by atoms with Crippen LogP contribution in [0.2, 0.25) is 0 Å². The molecule has 1 aliphatic rings. The van der Waals surface area contributed by atoms with E-state index in [0.717, 1.165) is 0 Å². The lowest BCUT2D eigenvalue weighted by molar-refractivity contribution is 0.204. The Balaban J connectivity index is 1.06. The molecule has 2 atom stereocenters. The van der Waals surface area contributed by atoms with Gasteiger partial charge in [0.1, 0.15) is 0 Å². The van der Waals surface area contributed by atoms with Gasteiger partial charge in [-0.2, -0.15) is 0 Å². The minimum absolute atomic E-state index is 0.0445. The molecule has 1 aliphatic heterocycles. The molecule has 0 bridgehead atoms. The molecule has 0 aliphatic carbocycles. The Labute approximate surface area is 337 Å². The number of nitrogens with one attached hydrogen (secondary N) is 3. The topological polar surface area (TPSA) is 41.0 Å². The first-order valence-electron chi connectivity index (χ1n) is 19.5. The Hall–Kier alpha value is -6.12. The number of nitrogens with zero attached hydrogens (tertiary/aromatic N) is 1. The number of hydrogen-bond donors (Lipinski definition) is 3. The summed E-state index contributed by atoms with van der Waals surface area (Å²) in [5.41, 5.74) is 9.91. The zero-order valence-electron chi connectivity index (χ0n) is 30.8. The van der Waals surface area contributed by atoms with Crippen LogP contribution in [0.25, 0.3) is 79.0 Å². The molecule has 3 aromatic heterocycles. The quantitative estimate of drug-likeness (QED) is 0.163. The minimum Gasteiger partial charge on any atom is -0.308 e. The fourth-order valence-electron chi connectivity index (χ4n) is 9.27. The fourth-order valence-corrected chi connectivity index (χ4v) is 11.7. The number of thiophene rings is 2. The van der Waals surface area contributed by atoms with Gasteiger partial charge in [0.25, 0.3) is 0 Å². The van der Waals surface area contributed by atoms with Gasteiger partial charge < -0.3 is 4.57 Å². The predicted octanol–water partition coefficient (Wildman–Crippen LogP) is 13.4. The van der Waals surface area contributed by atoms with Crippen molar-refractivity contribution in [2.24, 2.45) is 0 Å². The number of para-hydroxylation sites is 2. The zero-order chi connectivity index (χ0) is 37.5. The maximum atomic E-state index is 3.97. The van der Waals surface area contributed by atoms with Crippen LogP contribution in [0.4, 0.5) is 0 Å². The van der Waals surface area contributed by atoms with E-state index in [2.05, 4.69) is 203 Å². The van der Waals surface area contributed by atoms with Crippen LogP contribution < -0.4 is 16.0 Å². The van der Waals surface area contributed by atoms with Gasteiger partial charge in [0.15, 0.2) is 0 Å². The molecule has 8 aromatic carbocycles. The van der Waals surface area contributed by atoms with Crippen molar-refractivity contribution in [1.29, 1.82) is 0 Å². The maximum absolute atomic E-state index is 3.97. The average molecular weight is 769 g/mol. The van der Waals surface area contributed by atoms with Crippen molar-refractivity contribution in [3.8, 4) is 16.8 Å². The van der Waals surface area contributed by atoms with E-state index in [1.54, 1.807) is 0 Å². The van der Waals surface area contributed by atoms with Crippen LogP contribution in [-0.4, -0.2) is 4.57 Å². The highest BCUT2D eigenvalue weighted by Gasteiger charge is 2.31. The van der Waals surface area contributed by atoms with Gasteiger partial charge in [0.2, 0.25) is 0 Å². The van der Waals surface area contributed by atoms with Gasteiger partial charge >= 0.3 is 0 Å². The number of hydrogen-bond acceptors (Lipinski definition) is 5. The summed E-state index contributed by atoms with van der Waals surface area (Å²) in [6.45, 7) is 0. The van der Waals surface area contributed by atoms with Crippen molar-refractivity contribution in [1.82, 2.24) is 20.5 Å². The van der Waals surface area contributed by atoms with Crippen molar-refractivity contribution in [3.63, 3.8) is 0 Å². The van der Waals surface area contributed by atoms with Crippen molar-refractivity contribution >= 4 is 84.8 Å². The van der Waals surface area contributed by atoms with E-state index in [4.69, 9.17) is 0 Å². The Bertz CT molecular complexity index is 3210. The van der Waals surface area contributed by atoms with Crippen LogP contribution in [-0.2, 0) is 0 Å². The lowest BCUT2D eigenvalue weighted by Crippen LogP contribution is -2.54. The number of rotatable bonds is 5. The summed E-state index contributed by atoms with van der Waals surface area (Å²) >= 11 is 3.79. The molecule has 4 nitrogen and oxygen atoms in total. The lowest BCUT2D eigenvalue weighted by atomic mass is 9.93. The van der Waals surface area contributed by atoms with Crippen LogP contribution in [0.1, 0.15) is 35.2 Å². The van der Waals surface area contributed by atoms with Gasteiger partial charge in [-0.1, -0.05) is 146 Å². The third-order valence-corrected chi connectivity index (χ3v) is 14.1. The second-order valence-electron chi connectivity index (χ2n) is 14.9. The van der Waals surface area contributed by atoms with Crippen LogP contribution in [0.15, 0.2) is 182 Å². The molecule has 3 N–H and O–H groups in total. The summed E-state index contributed by atoms with van der Waals surface area (Å²) in [6, 6.07) is 66.4. The SMILES string of the molecule is c1ccc(C2NC(c3ccccc3)NC(c3cccc4sc5cccc(-c6cccc7sc8c(-n9c%10ccccc%10c%10ccccc%109)cccc8c67)c5c34)N2)cc1. The molecule has 0 radical (unpaired) electrons. The molecule has 1 fully saturated rings. The molecule has 11 aromatic rings. The van der Waals surface area contributed by atoms with E-state index in [-0.39, 0.29) is 18.5 Å². The molecule has 6 heteroatoms. The molecule has 272 valence electrons. The highest BCUT2D eigenvalue weighted by Crippen LogP contribution is 2.48. The molecule has 0 spiro atoms. The summed E-state index contributed by atoms with van der Waals surface area (Å²) in [4.78, 5) is 0. The summed E-state index contributed by atoms with van der Waals surface area (Å²) in [7, 11) is 0. The zero-order valence-corrected chi connectivity index (χ0v) is 32.4. The van der Waals surface area contributed by atoms with Gasteiger partial charge in [-0.25, -0.2) is 0 Å². The highest BCUT2D eigenvalue weighted by molar-refractivity contribution is 7.26. The van der Waals surface area contributed by atoms with Gasteiger partial charge in [-0.3, -0.25) is 16.0 Å². The monoisotopic (exact) mass is 768 g/mol. The second-order valence-corrected chi connectivity index (χ2v) is 17.1. The summed E-state index contributed by atoms with van der Waals surface area (Å²) < 4.78 is 7.65. The first kappa shape index (κ1) is 33.1. The normalized spacial score (nSPS) is 17.4. The first-order chi connectivity index (χ1) is 28.3. The van der Waals surface area contributed by atoms with Crippen LogP contribution in [0, 0.1) is 0 Å². The van der Waals surface area contributed by atoms with Crippen molar-refractivity contribution in [2.45, 2.75) is 18.5 Å². The molecule has 0 amide bonds. The van der Waals surface area contributed by atoms with Gasteiger partial charge in [0, 0.05) is 46.4 Å². The summed E-state index contributed by atoms with van der Waals surface area (Å²) in [6.07, 6.45) is -0.198. The molecule has 4 heterocycles. The lowest BCUT2D eigenvalue weighted by Gasteiger charge is -2.40. The average Bonchev–Trinajstić information content (AvgIpc) is 3.97. The molecule has 2 unspecified atom stereocenters. The molecular weight excluding hydrogens is 733 g/mol. The van der Waals surface area contributed by atoms with Gasteiger partial charge in [-0.15, -0.1) is 22.7 Å². The Morgan fingerprint density at radius 1 is 0.368 bits per heavy atom. The van der Waals surface area contributed by atoms with Gasteiger partial charge in [-0.05, 0) is 64.2 Å². The van der Waals surface area contributed by atoms with E-state index in [0.29, 0.717) is 0 Å². The van der Waals surface area contributed by atoms with Crippen molar-refractivity contribution in [3.05, 3.63) is 199 Å². The van der Waals surface area contributed by atoms with E-state index in [9.17, 15) is 0 Å². The molecule has 12 rings (SSSR count). The fraction of sp³-hybridized carbons (Fsp3) is 0.0588. The van der Waals surface area contributed by atoms with E-state index < -0.39 is 0 Å². The Morgan fingerprint density at radius 3 is 1.51 bits per heavy atom. The van der Waals surface area contributed by atoms with Crippen molar-refractivity contribution < 1.29 is 0 Å². The van der Waals surface area contributed by atoms with E-state index >= 15 is 0 Å². The molecule has 1 saturated heterocycles. The second kappa shape index (κ2) is 13.2. The Kier molecular flexibility index (Phi) is 7.68. The maximum Gasteiger partial charge on any atom is 0.0871 e. The van der Waals surface area contributed by atoms with Crippen LogP contribution in [0.5, 0.6) is 0 Å². The number of benzene rings is 8. The standard InChI is InChI=1S/C51H36N4S2/c1-3-15-31(16-4-1)49-52-50(32-17-5-2-6-18-32)54-51(53-49)38-24-14-30-44-47(38)46-36(22-13-29-43(46)56-44)35-21-12-28-42-45(35)37-23-11-27-41(48(37)57-42)55-39-25-9-7-19-33(39)34-20-8-10-26-40(34)55/h1-30,49-54H. The summed E-state index contributed by atoms with van der Waals surface area (Å²) in [5, 5.41) is 19.6. The summed E-state index contributed by atoms with van der Waals surface area (Å²) in [5.74, 6) is 0. The third kappa shape index (κ3) is 5.23. The molecule has 0 saturated carbocycles. The molecule has 57 heavy (non-hydrogen) atoms. The van der Waals surface area contributed by atoms with Gasteiger partial charge in [0.05, 0.1) is 39.9 Å². The first-order valence-corrected chi connectivity index (χ1v) is 21.2. The molecular formula is C51H36N4S2. The number of fused-ring (bicyclic) bond motifs is 9. The predicted molar refractivity (Wildman–Crippen MR) is 243 cm³/mol. The number of aromatic nitrogens is 1. The van der Waals surface area contributed by atoms with Crippen LogP contribution in [0.3, 0.4) is 0 Å². The smallest absolute Gasteiger partial charge is 0.0871 e. The van der Waals surface area contributed by atoms with Crippen molar-refractivity contribution in [2.75, 3.05) is 0 Å². The van der Waals surface area contributed by atoms with E-state index in [1.165, 1.54) is 95.7 Å². The largest absolute Gasteiger partial charge is 0.308 e.